The molecule has 4 rings (SSSR count). The number of benzene rings is 1. The molecule has 2 aliphatic rings. The number of nitrogens with one attached hydrogen (secondary N) is 1. The van der Waals surface area contributed by atoms with Gasteiger partial charge in [-0.2, -0.15) is 0 Å². The van der Waals surface area contributed by atoms with Crippen molar-refractivity contribution in [3.63, 3.8) is 0 Å². The van der Waals surface area contributed by atoms with Crippen LogP contribution < -0.4 is 20.7 Å². The van der Waals surface area contributed by atoms with E-state index in [1.54, 1.807) is 0 Å². The third-order valence-corrected chi connectivity index (χ3v) is 6.86. The van der Waals surface area contributed by atoms with Gasteiger partial charge in [0.25, 0.3) is 0 Å². The van der Waals surface area contributed by atoms with Crippen molar-refractivity contribution >= 4 is 29.9 Å². The van der Waals surface area contributed by atoms with Gasteiger partial charge in [0.05, 0.1) is 0 Å². The Morgan fingerprint density at radius 3 is 2.57 bits per heavy atom. The molecule has 1 saturated heterocycles. The molecule has 0 atom stereocenters. The molecule has 0 spiro atoms. The zero-order chi connectivity index (χ0) is 26.1. The molecule has 0 amide bonds. The van der Waals surface area contributed by atoms with E-state index >= 15 is 0 Å². The van der Waals surface area contributed by atoms with Crippen LogP contribution in [-0.4, -0.2) is 43.1 Å². The first-order valence-corrected chi connectivity index (χ1v) is 13.1. The predicted molar refractivity (Wildman–Crippen MR) is 167 cm³/mol. The van der Waals surface area contributed by atoms with E-state index in [0.29, 0.717) is 6.04 Å². The minimum absolute atomic E-state index is 0. The summed E-state index contributed by atoms with van der Waals surface area (Å²) in [6.07, 6.45) is 16.2. The highest BCUT2D eigenvalue weighted by atomic mass is 15.2. The zero-order valence-electron chi connectivity index (χ0n) is 22.7. The third kappa shape index (κ3) is 7.80. The Balaban J connectivity index is 0.00000176. The lowest BCUT2D eigenvalue weighted by Crippen LogP contribution is -2.42. The number of nitrogens with zero attached hydrogens (tertiary/aromatic N) is 3. The molecule has 1 aliphatic heterocycles. The highest BCUT2D eigenvalue weighted by molar-refractivity contribution is 5.76. The van der Waals surface area contributed by atoms with Gasteiger partial charge in [0.1, 0.15) is 5.82 Å². The van der Waals surface area contributed by atoms with Gasteiger partial charge < -0.3 is 15.1 Å². The zero-order valence-corrected chi connectivity index (χ0v) is 22.7. The maximum atomic E-state index is 4.64. The Kier molecular flexibility index (Phi) is 11.6. The first-order valence-electron chi connectivity index (χ1n) is 13.1. The predicted octanol–water partition coefficient (Wildman–Crippen LogP) is 6.63. The summed E-state index contributed by atoms with van der Waals surface area (Å²) < 4.78 is 0. The number of hydrogen-bond acceptors (Lipinski definition) is 4. The maximum Gasteiger partial charge on any atom is 0.129 e. The fourth-order valence-corrected chi connectivity index (χ4v) is 4.59. The van der Waals surface area contributed by atoms with E-state index in [1.165, 1.54) is 11.1 Å². The van der Waals surface area contributed by atoms with Crippen LogP contribution in [0.4, 0.5) is 11.5 Å². The highest BCUT2D eigenvalue weighted by Gasteiger charge is 2.21. The lowest BCUT2D eigenvalue weighted by atomic mass is 10.0. The second-order valence-corrected chi connectivity index (χ2v) is 9.25. The lowest BCUT2D eigenvalue weighted by molar-refractivity contribution is 0.252. The van der Waals surface area contributed by atoms with E-state index in [2.05, 4.69) is 109 Å². The summed E-state index contributed by atoms with van der Waals surface area (Å²) in [5, 5.41) is 5.60. The van der Waals surface area contributed by atoms with Gasteiger partial charge in [0, 0.05) is 37.7 Å². The van der Waals surface area contributed by atoms with Crippen LogP contribution in [-0.2, 0) is 0 Å². The average Bonchev–Trinajstić information content (AvgIpc) is 3.45. The van der Waals surface area contributed by atoms with Gasteiger partial charge in [-0.3, -0.25) is 0 Å². The van der Waals surface area contributed by atoms with E-state index in [4.69, 9.17) is 0 Å². The Hall–Kier alpha value is -3.37. The van der Waals surface area contributed by atoms with Crippen molar-refractivity contribution in [2.24, 2.45) is 0 Å². The van der Waals surface area contributed by atoms with Gasteiger partial charge in [-0.05, 0) is 98.2 Å². The van der Waals surface area contributed by atoms with E-state index in [1.807, 2.05) is 26.1 Å². The minimum atomic E-state index is 0. The van der Waals surface area contributed by atoms with Crippen LogP contribution in [0, 0.1) is 0 Å². The topological polar surface area (TPSA) is 31.4 Å². The van der Waals surface area contributed by atoms with Crippen molar-refractivity contribution in [2.45, 2.75) is 53.5 Å². The second kappa shape index (κ2) is 14.4. The Labute approximate surface area is 226 Å². The first-order chi connectivity index (χ1) is 17.4. The molecule has 0 saturated carbocycles. The molecule has 2 aromatic rings. The van der Waals surface area contributed by atoms with Crippen LogP contribution >= 0.6 is 0 Å². The molecule has 1 aromatic heterocycles. The summed E-state index contributed by atoms with van der Waals surface area (Å²) in [5.74, 6) is 0.993. The number of piperidine rings is 1. The van der Waals surface area contributed by atoms with Crippen LogP contribution in [0.25, 0.3) is 18.4 Å². The Morgan fingerprint density at radius 2 is 1.92 bits per heavy atom. The smallest absolute Gasteiger partial charge is 0.129 e. The molecule has 1 aliphatic carbocycles. The molecular weight excluding hydrogens is 452 g/mol. The molecule has 4 nitrogen and oxygen atoms in total. The fourth-order valence-electron chi connectivity index (χ4n) is 4.59. The molecule has 1 fully saturated rings. The Bertz CT molecular complexity index is 1250. The number of likely N-dealkylation sites (tertiary alicyclic amines) is 1. The summed E-state index contributed by atoms with van der Waals surface area (Å²) in [6, 6.07) is 10.9. The van der Waals surface area contributed by atoms with Crippen LogP contribution in [0.15, 0.2) is 78.6 Å². The van der Waals surface area contributed by atoms with Crippen molar-refractivity contribution in [1.29, 1.82) is 0 Å². The maximum absolute atomic E-state index is 4.64. The lowest BCUT2D eigenvalue weighted by Gasteiger charge is -2.35. The molecule has 4 heteroatoms. The largest absolute Gasteiger partial charge is 0.357 e. The number of rotatable bonds is 7. The number of aromatic nitrogens is 1. The number of pyridine rings is 1. The van der Waals surface area contributed by atoms with Crippen molar-refractivity contribution in [2.75, 3.05) is 37.4 Å². The average molecular weight is 501 g/mol. The molecule has 0 bridgehead atoms. The van der Waals surface area contributed by atoms with Gasteiger partial charge >= 0.3 is 0 Å². The fraction of sp³-hybridized carbons (Fsp3) is 0.364. The summed E-state index contributed by atoms with van der Waals surface area (Å²) in [4.78, 5) is 9.35. The molecule has 1 N–H and O–H groups in total. The van der Waals surface area contributed by atoms with Crippen LogP contribution in [0.3, 0.4) is 0 Å². The molecule has 200 valence electrons. The van der Waals surface area contributed by atoms with Gasteiger partial charge in [0.2, 0.25) is 0 Å². The number of allylic oxidation sites excluding steroid dienone is 6. The second-order valence-electron chi connectivity index (χ2n) is 9.25. The molecule has 37 heavy (non-hydrogen) atoms. The number of anilines is 2. The van der Waals surface area contributed by atoms with Gasteiger partial charge in [-0.15, -0.1) is 0 Å². The monoisotopic (exact) mass is 500 g/mol. The van der Waals surface area contributed by atoms with E-state index < -0.39 is 0 Å². The van der Waals surface area contributed by atoms with E-state index in [-0.39, 0.29) is 8.85 Å². The van der Waals surface area contributed by atoms with Crippen molar-refractivity contribution in [3.05, 3.63) is 94.6 Å². The molecular formula is C33H48N4. The van der Waals surface area contributed by atoms with Gasteiger partial charge in [-0.25, -0.2) is 4.98 Å². The third-order valence-electron chi connectivity index (χ3n) is 6.86. The van der Waals surface area contributed by atoms with E-state index in [9.17, 15) is 0 Å². The molecule has 2 heterocycles. The summed E-state index contributed by atoms with van der Waals surface area (Å²) in [5.41, 5.74) is 5.38. The molecule has 1 aromatic carbocycles. The highest BCUT2D eigenvalue weighted by Crippen LogP contribution is 2.24. The normalized spacial score (nSPS) is 16.4. The summed E-state index contributed by atoms with van der Waals surface area (Å²) in [7, 11) is 4.35. The minimum Gasteiger partial charge on any atom is -0.357 e. The van der Waals surface area contributed by atoms with Gasteiger partial charge in [-0.1, -0.05) is 64.8 Å². The molecule has 0 unspecified atom stereocenters. The van der Waals surface area contributed by atoms with Crippen molar-refractivity contribution in [1.82, 2.24) is 9.88 Å². The summed E-state index contributed by atoms with van der Waals surface area (Å²) >= 11 is 0. The van der Waals surface area contributed by atoms with Crippen molar-refractivity contribution in [3.8, 4) is 0 Å². The van der Waals surface area contributed by atoms with Crippen LogP contribution in [0.2, 0.25) is 0 Å². The summed E-state index contributed by atoms with van der Waals surface area (Å²) in [6.45, 7) is 16.9. The number of hydrogen-bond donors (Lipinski definition) is 1. The van der Waals surface area contributed by atoms with E-state index in [0.717, 1.165) is 65.6 Å². The Morgan fingerprint density at radius 1 is 1.19 bits per heavy atom. The quantitative estimate of drug-likeness (QED) is 0.462. The van der Waals surface area contributed by atoms with Crippen LogP contribution in [0.5, 0.6) is 0 Å². The SMILES string of the molecule is C.C=C(Nc1ccc(=C)/c(=C\C(=C/C)C2=CCC=C2)c1)c1ccnc(N(C)C2CCN(C)CC2)c1.CC.[HH]. The van der Waals surface area contributed by atoms with Gasteiger partial charge in [0.15, 0.2) is 0 Å². The van der Waals surface area contributed by atoms with Crippen molar-refractivity contribution < 1.29 is 1.43 Å². The standard InChI is InChI=1S/C30H36N4.C2H6.CH4.H2/c1-6-24(25-9-7-8-10-25)19-27-20-28(12-11-22(27)2)32-23(3)26-13-16-31-30(21-26)34(5)29-14-17-33(4)18-15-29;1-2;;/h6-7,9-13,16,19-21,29,32H,2-3,8,14-15,17-18H2,1,4-5H3;1-2H3;1H4;1H/b24-6+,27-19-;;;. The first kappa shape index (κ1) is 29.9. The van der Waals surface area contributed by atoms with Crippen LogP contribution in [0.1, 0.15) is 54.5 Å². The molecule has 0 radical (unpaired) electrons.